The van der Waals surface area contributed by atoms with Crippen LogP contribution in [0, 0.1) is 0 Å². The van der Waals surface area contributed by atoms with Crippen molar-refractivity contribution in [1.29, 1.82) is 0 Å². The predicted molar refractivity (Wildman–Crippen MR) is 46.8 cm³/mol. The van der Waals surface area contributed by atoms with E-state index in [9.17, 15) is 43.2 Å². The van der Waals surface area contributed by atoms with Crippen LogP contribution in [-0.4, -0.2) is 52.1 Å². The Morgan fingerprint density at radius 1 is 0.667 bits per heavy atom. The third-order valence-electron chi connectivity index (χ3n) is 1.45. The molecule has 0 aromatic carbocycles. The molecule has 0 heterocycles. The van der Waals surface area contributed by atoms with E-state index in [2.05, 4.69) is 10.3 Å². The smallest absolute Gasteiger partial charge is 0.223 e. The van der Waals surface area contributed by atoms with Crippen LogP contribution in [0.4, 0.5) is 26.3 Å². The van der Waals surface area contributed by atoms with E-state index in [0.717, 1.165) is 0 Å². The SMILES string of the molecule is NS(=O)(=O)C(F)(F)C(F)(F)C(F)(F)S(N)(=O)=O.[Li]. The van der Waals surface area contributed by atoms with Crippen molar-refractivity contribution in [1.82, 2.24) is 0 Å². The zero-order chi connectivity index (χ0) is 14.5. The fraction of sp³-hybridized carbons (Fsp3) is 1.00. The topological polar surface area (TPSA) is 120 Å². The third kappa shape index (κ3) is 2.78. The van der Waals surface area contributed by atoms with Crippen molar-refractivity contribution in [2.24, 2.45) is 10.3 Å². The molecule has 0 aliphatic rings. The maximum absolute atomic E-state index is 12.6. The molecular weight excluding hydrogens is 313 g/mol. The molecule has 1 radical (unpaired) electrons. The van der Waals surface area contributed by atoms with Crippen LogP contribution >= 0.6 is 0 Å². The van der Waals surface area contributed by atoms with Crippen LogP contribution in [0.2, 0.25) is 0 Å². The van der Waals surface area contributed by atoms with Gasteiger partial charge in [-0.15, -0.1) is 0 Å². The van der Waals surface area contributed by atoms with E-state index in [4.69, 9.17) is 0 Å². The van der Waals surface area contributed by atoms with Gasteiger partial charge in [0.2, 0.25) is 0 Å². The summed E-state index contributed by atoms with van der Waals surface area (Å²) in [4.78, 5) is 0. The zero-order valence-corrected chi connectivity index (χ0v) is 10.0. The van der Waals surface area contributed by atoms with Crippen LogP contribution in [0.15, 0.2) is 0 Å². The van der Waals surface area contributed by atoms with E-state index in [-0.39, 0.29) is 18.9 Å². The Morgan fingerprint density at radius 2 is 0.833 bits per heavy atom. The first-order valence-electron chi connectivity index (χ1n) is 3.18. The van der Waals surface area contributed by atoms with Gasteiger partial charge in [0.15, 0.2) is 0 Å². The van der Waals surface area contributed by atoms with Crippen LogP contribution in [0.5, 0.6) is 0 Å². The number of nitrogens with two attached hydrogens (primary N) is 2. The van der Waals surface area contributed by atoms with Crippen molar-refractivity contribution in [3.05, 3.63) is 0 Å². The summed E-state index contributed by atoms with van der Waals surface area (Å²) in [5.74, 6) is -6.83. The average Bonchev–Trinajstić information content (AvgIpc) is 1.98. The van der Waals surface area contributed by atoms with Gasteiger partial charge >= 0.3 is 16.4 Å². The van der Waals surface area contributed by atoms with Crippen molar-refractivity contribution in [2.75, 3.05) is 0 Å². The van der Waals surface area contributed by atoms with Crippen molar-refractivity contribution < 1.29 is 43.2 Å². The van der Waals surface area contributed by atoms with Crippen LogP contribution < -0.4 is 10.3 Å². The van der Waals surface area contributed by atoms with E-state index in [1.54, 1.807) is 0 Å². The Kier molecular flexibility index (Phi) is 5.46. The predicted octanol–water partition coefficient (Wildman–Crippen LogP) is -0.996. The normalized spacial score (nSPS) is 15.1. The molecule has 0 atom stereocenters. The Hall–Kier alpha value is -0.00260. The molecule has 0 unspecified atom stereocenters. The summed E-state index contributed by atoms with van der Waals surface area (Å²) in [5.41, 5.74) is 0. The zero-order valence-electron chi connectivity index (χ0n) is 8.37. The molecule has 0 aromatic rings. The van der Waals surface area contributed by atoms with Gasteiger partial charge in [0, 0.05) is 18.9 Å². The minimum Gasteiger partial charge on any atom is -0.223 e. The van der Waals surface area contributed by atoms with E-state index < -0.39 is 36.5 Å². The number of sulfonamides is 2. The third-order valence-corrected chi connectivity index (χ3v) is 3.39. The Morgan fingerprint density at radius 3 is 0.944 bits per heavy atom. The van der Waals surface area contributed by atoms with Crippen molar-refractivity contribution in [3.8, 4) is 0 Å². The molecule has 0 aromatic heterocycles. The molecule has 0 rings (SSSR count). The Balaban J connectivity index is 0. The first kappa shape index (κ1) is 20.3. The quantitative estimate of drug-likeness (QED) is 0.510. The van der Waals surface area contributed by atoms with Gasteiger partial charge in [0.1, 0.15) is 0 Å². The Bertz CT molecular complexity index is 469. The summed E-state index contributed by atoms with van der Waals surface area (Å²) in [7, 11) is -13.0. The minimum atomic E-state index is -6.83. The average molecular weight is 317 g/mol. The number of hydrogen-bond donors (Lipinski definition) is 2. The maximum Gasteiger partial charge on any atom is 0.427 e. The van der Waals surface area contributed by atoms with Crippen LogP contribution in [0.1, 0.15) is 0 Å². The van der Waals surface area contributed by atoms with Gasteiger partial charge in [0.05, 0.1) is 0 Å². The molecule has 0 fully saturated rings. The number of rotatable bonds is 4. The first-order valence-corrected chi connectivity index (χ1v) is 6.27. The summed E-state index contributed by atoms with van der Waals surface area (Å²) < 4.78 is 115. The molecule has 0 amide bonds. The van der Waals surface area contributed by atoms with Gasteiger partial charge in [-0.2, -0.15) is 26.3 Å². The summed E-state index contributed by atoms with van der Waals surface area (Å²) in [6.07, 6.45) is 0. The molecule has 0 saturated carbocycles. The van der Waals surface area contributed by atoms with E-state index in [1.807, 2.05) is 0 Å². The molecule has 0 saturated heterocycles. The summed E-state index contributed by atoms with van der Waals surface area (Å²) in [5, 5.41) is -5.81. The largest absolute Gasteiger partial charge is 0.427 e. The van der Waals surface area contributed by atoms with Crippen LogP contribution in [-0.2, 0) is 20.0 Å². The van der Waals surface area contributed by atoms with Gasteiger partial charge in [0.25, 0.3) is 20.0 Å². The second kappa shape index (κ2) is 4.83. The maximum atomic E-state index is 12.6. The van der Waals surface area contributed by atoms with Crippen LogP contribution in [0.3, 0.4) is 0 Å². The summed E-state index contributed by atoms with van der Waals surface area (Å²) >= 11 is 0. The first-order chi connectivity index (χ1) is 7.00. The minimum absolute atomic E-state index is 0. The van der Waals surface area contributed by atoms with E-state index in [1.165, 1.54) is 0 Å². The van der Waals surface area contributed by atoms with E-state index in [0.29, 0.717) is 0 Å². The molecule has 105 valence electrons. The number of alkyl halides is 6. The second-order valence-corrected chi connectivity index (χ2v) is 5.90. The van der Waals surface area contributed by atoms with Crippen LogP contribution in [0.25, 0.3) is 0 Å². The summed E-state index contributed by atoms with van der Waals surface area (Å²) in [6, 6.07) is 0. The fourth-order valence-corrected chi connectivity index (χ4v) is 1.56. The fourth-order valence-electron chi connectivity index (χ4n) is 0.527. The molecule has 6 nitrogen and oxygen atoms in total. The Labute approximate surface area is 109 Å². The molecule has 0 spiro atoms. The molecule has 18 heavy (non-hydrogen) atoms. The summed E-state index contributed by atoms with van der Waals surface area (Å²) in [6.45, 7) is 0. The second-order valence-electron chi connectivity index (χ2n) is 2.70. The molecule has 15 heteroatoms. The van der Waals surface area contributed by atoms with Gasteiger partial charge < -0.3 is 0 Å². The monoisotopic (exact) mass is 317 g/mol. The number of primary sulfonamides is 2. The standard InChI is InChI=1S/C3H4F6N2O4S2.Li/c4-1(5,2(6,7)16(10,12)13)3(8,9)17(11,14)15;/h(H2,10,12,13)(H2,11,14,15);. The molecule has 0 aliphatic carbocycles. The van der Waals surface area contributed by atoms with Gasteiger partial charge in [-0.05, 0) is 0 Å². The van der Waals surface area contributed by atoms with Gasteiger partial charge in [-0.25, -0.2) is 27.1 Å². The van der Waals surface area contributed by atoms with E-state index >= 15 is 0 Å². The van der Waals surface area contributed by atoms with Gasteiger partial charge in [-0.3, -0.25) is 0 Å². The van der Waals surface area contributed by atoms with Crippen molar-refractivity contribution in [2.45, 2.75) is 16.4 Å². The molecule has 4 N–H and O–H groups in total. The molecular formula is C3H4F6LiN2O4S2. The van der Waals surface area contributed by atoms with Crippen molar-refractivity contribution >= 4 is 38.9 Å². The number of hydrogen-bond acceptors (Lipinski definition) is 4. The molecule has 0 bridgehead atoms. The van der Waals surface area contributed by atoms with Gasteiger partial charge in [-0.1, -0.05) is 0 Å². The molecule has 0 aliphatic heterocycles. The number of halogens is 6. The van der Waals surface area contributed by atoms with Crippen molar-refractivity contribution in [3.63, 3.8) is 0 Å².